The summed E-state index contributed by atoms with van der Waals surface area (Å²) in [5.41, 5.74) is 5.32. The first kappa shape index (κ1) is 13.9. The second kappa shape index (κ2) is 4.28. The van der Waals surface area contributed by atoms with Gasteiger partial charge in [0.15, 0.2) is 0 Å². The van der Waals surface area contributed by atoms with Gasteiger partial charge in [-0.2, -0.15) is 0 Å². The second-order valence-corrected chi connectivity index (χ2v) is 6.75. The van der Waals surface area contributed by atoms with Gasteiger partial charge in [0.25, 0.3) is 0 Å². The van der Waals surface area contributed by atoms with Crippen LogP contribution >= 0.6 is 0 Å². The normalized spacial score (nSPS) is 28.7. The van der Waals surface area contributed by atoms with E-state index in [0.29, 0.717) is 0 Å². The summed E-state index contributed by atoms with van der Waals surface area (Å²) >= 11 is 0. The van der Waals surface area contributed by atoms with Crippen molar-refractivity contribution in [2.45, 2.75) is 83.0 Å². The third kappa shape index (κ3) is 3.19. The number of hydrogen-bond donors (Lipinski definition) is 3. The zero-order valence-electron chi connectivity index (χ0n) is 11.4. The Kier molecular flexibility index (Phi) is 3.73. The van der Waals surface area contributed by atoms with Crippen LogP contribution in [-0.4, -0.2) is 27.8 Å². The van der Waals surface area contributed by atoms with Crippen molar-refractivity contribution in [3.05, 3.63) is 0 Å². The standard InChI is InChI=1S/C13H28N2O/c1-6-7-10(14)13(16)8-11(2,3)15-12(4,5)9-13/h10,15-16H,6-9,14H2,1-5H3. The van der Waals surface area contributed by atoms with Crippen molar-refractivity contribution in [2.24, 2.45) is 5.73 Å². The van der Waals surface area contributed by atoms with Crippen LogP contribution in [0.5, 0.6) is 0 Å². The van der Waals surface area contributed by atoms with E-state index in [2.05, 4.69) is 39.9 Å². The van der Waals surface area contributed by atoms with Gasteiger partial charge in [0, 0.05) is 17.1 Å². The van der Waals surface area contributed by atoms with E-state index < -0.39 is 5.60 Å². The molecule has 1 atom stereocenters. The molecule has 4 N–H and O–H groups in total. The Labute approximate surface area is 99.8 Å². The first-order valence-electron chi connectivity index (χ1n) is 6.38. The molecule has 0 aliphatic carbocycles. The molecule has 0 bridgehead atoms. The van der Waals surface area contributed by atoms with E-state index in [0.717, 1.165) is 25.7 Å². The van der Waals surface area contributed by atoms with Gasteiger partial charge in [-0.25, -0.2) is 0 Å². The Morgan fingerprint density at radius 2 is 1.62 bits per heavy atom. The van der Waals surface area contributed by atoms with Gasteiger partial charge in [-0.1, -0.05) is 13.3 Å². The largest absolute Gasteiger partial charge is 0.388 e. The van der Waals surface area contributed by atoms with Crippen LogP contribution in [0.25, 0.3) is 0 Å². The summed E-state index contributed by atoms with van der Waals surface area (Å²) in [6.07, 6.45) is 3.37. The van der Waals surface area contributed by atoms with E-state index >= 15 is 0 Å². The monoisotopic (exact) mass is 228 g/mol. The summed E-state index contributed by atoms with van der Waals surface area (Å²) in [5, 5.41) is 14.3. The highest BCUT2D eigenvalue weighted by molar-refractivity contribution is 5.07. The zero-order chi connectivity index (χ0) is 12.6. The molecule has 3 nitrogen and oxygen atoms in total. The number of nitrogens with one attached hydrogen (secondary N) is 1. The van der Waals surface area contributed by atoms with Crippen LogP contribution in [-0.2, 0) is 0 Å². The maximum atomic E-state index is 10.8. The molecule has 3 heteroatoms. The zero-order valence-corrected chi connectivity index (χ0v) is 11.4. The summed E-state index contributed by atoms with van der Waals surface area (Å²) in [4.78, 5) is 0. The molecule has 1 rings (SSSR count). The minimum absolute atomic E-state index is 0.0537. The van der Waals surface area contributed by atoms with Crippen molar-refractivity contribution in [1.82, 2.24) is 5.32 Å². The highest BCUT2D eigenvalue weighted by Gasteiger charge is 2.48. The van der Waals surface area contributed by atoms with Gasteiger partial charge in [-0.15, -0.1) is 0 Å². The first-order chi connectivity index (χ1) is 7.10. The smallest absolute Gasteiger partial charge is 0.0832 e. The molecule has 16 heavy (non-hydrogen) atoms. The maximum absolute atomic E-state index is 10.8. The van der Waals surface area contributed by atoms with Gasteiger partial charge in [0.2, 0.25) is 0 Å². The SMILES string of the molecule is CCCC(N)C1(O)CC(C)(C)NC(C)(C)C1. The first-order valence-corrected chi connectivity index (χ1v) is 6.38. The highest BCUT2D eigenvalue weighted by atomic mass is 16.3. The predicted molar refractivity (Wildman–Crippen MR) is 68.4 cm³/mol. The third-order valence-corrected chi connectivity index (χ3v) is 3.46. The van der Waals surface area contributed by atoms with Gasteiger partial charge in [0.05, 0.1) is 5.60 Å². The lowest BCUT2D eigenvalue weighted by atomic mass is 9.69. The Morgan fingerprint density at radius 3 is 2.00 bits per heavy atom. The lowest BCUT2D eigenvalue weighted by Gasteiger charge is -2.52. The maximum Gasteiger partial charge on any atom is 0.0832 e. The number of piperidine rings is 1. The fraction of sp³-hybridized carbons (Fsp3) is 1.00. The van der Waals surface area contributed by atoms with Crippen LogP contribution in [0.4, 0.5) is 0 Å². The molecule has 0 aromatic carbocycles. The molecule has 1 unspecified atom stereocenters. The van der Waals surface area contributed by atoms with E-state index in [-0.39, 0.29) is 17.1 Å². The van der Waals surface area contributed by atoms with Crippen LogP contribution in [0.1, 0.15) is 60.3 Å². The van der Waals surface area contributed by atoms with E-state index in [4.69, 9.17) is 5.73 Å². The van der Waals surface area contributed by atoms with E-state index in [1.54, 1.807) is 0 Å². The van der Waals surface area contributed by atoms with Gasteiger partial charge in [-0.05, 0) is 47.0 Å². The summed E-state index contributed by atoms with van der Waals surface area (Å²) in [5.74, 6) is 0. The van der Waals surface area contributed by atoms with Crippen LogP contribution in [0.3, 0.4) is 0 Å². The van der Waals surface area contributed by atoms with Crippen molar-refractivity contribution >= 4 is 0 Å². The molecule has 1 fully saturated rings. The average Bonchev–Trinajstić information content (AvgIpc) is 1.97. The molecule has 96 valence electrons. The fourth-order valence-corrected chi connectivity index (χ4v) is 3.44. The lowest BCUT2D eigenvalue weighted by molar-refractivity contribution is -0.0748. The second-order valence-electron chi connectivity index (χ2n) is 6.75. The van der Waals surface area contributed by atoms with Crippen LogP contribution < -0.4 is 11.1 Å². The Balaban J connectivity index is 2.87. The van der Waals surface area contributed by atoms with Gasteiger partial charge in [-0.3, -0.25) is 0 Å². The van der Waals surface area contributed by atoms with Crippen molar-refractivity contribution < 1.29 is 5.11 Å². The molecule has 0 radical (unpaired) electrons. The van der Waals surface area contributed by atoms with Crippen molar-refractivity contribution in [1.29, 1.82) is 0 Å². The summed E-state index contributed by atoms with van der Waals surface area (Å²) < 4.78 is 0. The van der Waals surface area contributed by atoms with Crippen LogP contribution in [0, 0.1) is 0 Å². The lowest BCUT2D eigenvalue weighted by Crippen LogP contribution is -2.67. The minimum atomic E-state index is -0.728. The van der Waals surface area contributed by atoms with Gasteiger partial charge >= 0.3 is 0 Å². The van der Waals surface area contributed by atoms with E-state index in [9.17, 15) is 5.11 Å². The Hall–Kier alpha value is -0.120. The molecular formula is C13H28N2O. The fourth-order valence-electron chi connectivity index (χ4n) is 3.44. The average molecular weight is 228 g/mol. The number of rotatable bonds is 3. The van der Waals surface area contributed by atoms with Crippen molar-refractivity contribution in [3.8, 4) is 0 Å². The molecule has 1 heterocycles. The molecule has 0 amide bonds. The highest BCUT2D eigenvalue weighted by Crippen LogP contribution is 2.38. The van der Waals surface area contributed by atoms with Gasteiger partial charge < -0.3 is 16.2 Å². The third-order valence-electron chi connectivity index (χ3n) is 3.46. The van der Waals surface area contributed by atoms with Crippen molar-refractivity contribution in [3.63, 3.8) is 0 Å². The quantitative estimate of drug-likeness (QED) is 0.690. The van der Waals surface area contributed by atoms with Gasteiger partial charge in [0.1, 0.15) is 0 Å². The summed E-state index contributed by atoms with van der Waals surface area (Å²) in [7, 11) is 0. The topological polar surface area (TPSA) is 58.3 Å². The van der Waals surface area contributed by atoms with E-state index in [1.165, 1.54) is 0 Å². The van der Waals surface area contributed by atoms with Crippen LogP contribution in [0.15, 0.2) is 0 Å². The number of nitrogens with two attached hydrogens (primary N) is 1. The molecular weight excluding hydrogens is 200 g/mol. The van der Waals surface area contributed by atoms with E-state index in [1.807, 2.05) is 0 Å². The molecule has 1 aliphatic heterocycles. The number of hydrogen-bond acceptors (Lipinski definition) is 3. The minimum Gasteiger partial charge on any atom is -0.388 e. The predicted octanol–water partition coefficient (Wildman–Crippen LogP) is 1.79. The molecule has 1 aliphatic rings. The summed E-state index contributed by atoms with van der Waals surface area (Å²) in [6.45, 7) is 10.7. The van der Waals surface area contributed by atoms with Crippen molar-refractivity contribution in [2.75, 3.05) is 0 Å². The Bertz CT molecular complexity index is 232. The molecule has 0 aromatic rings. The molecule has 0 saturated carbocycles. The molecule has 1 saturated heterocycles. The Morgan fingerprint density at radius 1 is 1.19 bits per heavy atom. The molecule has 0 aromatic heterocycles. The number of aliphatic hydroxyl groups is 1. The van der Waals surface area contributed by atoms with Crippen LogP contribution in [0.2, 0.25) is 0 Å². The summed E-state index contributed by atoms with van der Waals surface area (Å²) in [6, 6.07) is -0.113. The molecule has 0 spiro atoms.